The van der Waals surface area contributed by atoms with Gasteiger partial charge in [-0.25, -0.2) is 0 Å². The third kappa shape index (κ3) is 3.30. The van der Waals surface area contributed by atoms with Crippen LogP contribution in [-0.4, -0.2) is 17.8 Å². The Morgan fingerprint density at radius 2 is 1.58 bits per heavy atom. The summed E-state index contributed by atoms with van der Waals surface area (Å²) in [7, 11) is 1.57. The van der Waals surface area contributed by atoms with Gasteiger partial charge in [-0.2, -0.15) is 27.6 Å². The van der Waals surface area contributed by atoms with Crippen molar-refractivity contribution in [2.24, 2.45) is 5.10 Å². The summed E-state index contributed by atoms with van der Waals surface area (Å²) in [6.45, 7) is 1.58. The molecule has 0 fully saturated rings. The quantitative estimate of drug-likeness (QED) is 0.318. The zero-order chi connectivity index (χ0) is 18.8. The van der Waals surface area contributed by atoms with E-state index in [1.54, 1.807) is 26.2 Å². The van der Waals surface area contributed by atoms with Crippen molar-refractivity contribution in [2.75, 3.05) is 12.5 Å². The molecule has 4 nitrogen and oxygen atoms in total. The number of nitrogens with one attached hydrogen (secondary N) is 1. The highest BCUT2D eigenvalue weighted by atomic mass is 19.2. The molecule has 0 bridgehead atoms. The average Bonchev–Trinajstić information content (AvgIpc) is 2.65. The van der Waals surface area contributed by atoms with Crippen molar-refractivity contribution in [3.05, 3.63) is 65.5 Å². The Hall–Kier alpha value is -3.16. The van der Waals surface area contributed by atoms with Crippen molar-refractivity contribution in [1.29, 1.82) is 0 Å². The van der Waals surface area contributed by atoms with Crippen molar-refractivity contribution in [3.8, 4) is 5.75 Å². The maximum atomic E-state index is 13.6. The summed E-state index contributed by atoms with van der Waals surface area (Å²) in [6.07, 6.45) is 0. The SMILES string of the molecule is COc1ccc2cc(/C(C)=N/Nc3c(F)c(F)nc(F)c3F)ccc2c1. The molecule has 1 aromatic heterocycles. The van der Waals surface area contributed by atoms with E-state index < -0.39 is 29.2 Å². The van der Waals surface area contributed by atoms with Gasteiger partial charge in [0.15, 0.2) is 0 Å². The second-order valence-corrected chi connectivity index (χ2v) is 5.43. The van der Waals surface area contributed by atoms with Crippen LogP contribution >= 0.6 is 0 Å². The van der Waals surface area contributed by atoms with Gasteiger partial charge >= 0.3 is 0 Å². The number of aromatic nitrogens is 1. The molecule has 3 aromatic rings. The Balaban J connectivity index is 1.92. The van der Waals surface area contributed by atoms with Crippen LogP contribution in [0.25, 0.3) is 10.8 Å². The number of pyridine rings is 1. The van der Waals surface area contributed by atoms with Crippen molar-refractivity contribution in [1.82, 2.24) is 4.98 Å². The molecular weight excluding hydrogens is 350 g/mol. The van der Waals surface area contributed by atoms with Crippen LogP contribution in [0.3, 0.4) is 0 Å². The van der Waals surface area contributed by atoms with Gasteiger partial charge in [-0.15, -0.1) is 0 Å². The predicted octanol–water partition coefficient (Wildman–Crippen LogP) is 4.64. The lowest BCUT2D eigenvalue weighted by molar-refractivity contribution is 0.411. The molecule has 0 saturated carbocycles. The molecule has 2 aromatic carbocycles. The summed E-state index contributed by atoms with van der Waals surface area (Å²) in [5.74, 6) is -6.08. The Labute approximate surface area is 146 Å². The topological polar surface area (TPSA) is 46.5 Å². The Morgan fingerprint density at radius 1 is 0.962 bits per heavy atom. The second-order valence-electron chi connectivity index (χ2n) is 5.43. The van der Waals surface area contributed by atoms with E-state index in [1.807, 2.05) is 29.7 Å². The largest absolute Gasteiger partial charge is 0.497 e. The van der Waals surface area contributed by atoms with Gasteiger partial charge in [-0.3, -0.25) is 5.43 Å². The van der Waals surface area contributed by atoms with Crippen LogP contribution in [0, 0.1) is 23.5 Å². The number of nitrogens with zero attached hydrogens (tertiary/aromatic N) is 2. The monoisotopic (exact) mass is 363 g/mol. The summed E-state index contributed by atoms with van der Waals surface area (Å²) >= 11 is 0. The Morgan fingerprint density at radius 3 is 2.23 bits per heavy atom. The van der Waals surface area contributed by atoms with E-state index in [1.165, 1.54) is 0 Å². The number of ether oxygens (including phenoxy) is 1. The van der Waals surface area contributed by atoms with Gasteiger partial charge in [0.05, 0.1) is 12.8 Å². The molecular formula is C18H13F4N3O. The van der Waals surface area contributed by atoms with E-state index in [9.17, 15) is 17.6 Å². The second kappa shape index (κ2) is 6.99. The number of anilines is 1. The predicted molar refractivity (Wildman–Crippen MR) is 90.4 cm³/mol. The first kappa shape index (κ1) is 17.7. The van der Waals surface area contributed by atoms with Crippen molar-refractivity contribution >= 4 is 22.2 Å². The highest BCUT2D eigenvalue weighted by molar-refractivity contribution is 6.02. The van der Waals surface area contributed by atoms with Gasteiger partial charge < -0.3 is 4.74 Å². The minimum absolute atomic E-state index is 0.360. The number of hydrogen-bond donors (Lipinski definition) is 1. The highest BCUT2D eigenvalue weighted by Gasteiger charge is 2.20. The van der Waals surface area contributed by atoms with Gasteiger partial charge in [-0.05, 0) is 41.5 Å². The van der Waals surface area contributed by atoms with E-state index in [0.29, 0.717) is 17.0 Å². The molecule has 0 aliphatic rings. The van der Waals surface area contributed by atoms with Crippen LogP contribution in [0.15, 0.2) is 41.5 Å². The normalized spacial score (nSPS) is 11.7. The third-order valence-electron chi connectivity index (χ3n) is 3.80. The molecule has 0 aliphatic heterocycles. The van der Waals surface area contributed by atoms with Gasteiger partial charge in [0.2, 0.25) is 11.6 Å². The standard InChI is InChI=1S/C18H13F4N3O/c1-9(24-25-16-14(19)17(21)23-18(22)15(16)20)10-3-4-12-8-13(26-2)6-5-11(12)7-10/h3-8H,1-2H3,(H,23,25)/b24-9+. The van der Waals surface area contributed by atoms with Crippen molar-refractivity contribution < 1.29 is 22.3 Å². The van der Waals surface area contributed by atoms with Crippen LogP contribution in [0.4, 0.5) is 23.2 Å². The number of methoxy groups -OCH3 is 1. The molecule has 0 saturated heterocycles. The molecule has 1 N–H and O–H groups in total. The zero-order valence-electron chi connectivity index (χ0n) is 13.8. The first-order chi connectivity index (χ1) is 12.4. The van der Waals surface area contributed by atoms with Gasteiger partial charge in [0, 0.05) is 0 Å². The smallest absolute Gasteiger partial charge is 0.254 e. The first-order valence-corrected chi connectivity index (χ1v) is 7.49. The average molecular weight is 363 g/mol. The van der Waals surface area contributed by atoms with Gasteiger partial charge in [0.25, 0.3) is 11.9 Å². The molecule has 3 rings (SSSR count). The van der Waals surface area contributed by atoms with E-state index >= 15 is 0 Å². The van der Waals surface area contributed by atoms with E-state index in [4.69, 9.17) is 4.74 Å². The molecule has 0 unspecified atom stereocenters. The van der Waals surface area contributed by atoms with Crippen LogP contribution in [0.1, 0.15) is 12.5 Å². The number of fused-ring (bicyclic) bond motifs is 1. The Bertz CT molecular complexity index is 995. The molecule has 8 heteroatoms. The molecule has 0 spiro atoms. The molecule has 134 valence electrons. The molecule has 0 atom stereocenters. The number of hydrogen-bond acceptors (Lipinski definition) is 4. The van der Waals surface area contributed by atoms with Crippen LogP contribution < -0.4 is 10.2 Å². The fourth-order valence-electron chi connectivity index (χ4n) is 2.37. The fraction of sp³-hybridized carbons (Fsp3) is 0.111. The van der Waals surface area contributed by atoms with E-state index in [-0.39, 0.29) is 0 Å². The lowest BCUT2D eigenvalue weighted by Gasteiger charge is -2.08. The summed E-state index contributed by atoms with van der Waals surface area (Å²) in [6, 6.07) is 10.9. The Kier molecular flexibility index (Phi) is 4.75. The maximum Gasteiger partial charge on any atom is 0.254 e. The first-order valence-electron chi connectivity index (χ1n) is 7.49. The lowest BCUT2D eigenvalue weighted by Crippen LogP contribution is -2.07. The summed E-state index contributed by atoms with van der Waals surface area (Å²) in [5.41, 5.74) is 2.00. The summed E-state index contributed by atoms with van der Waals surface area (Å²) < 4.78 is 58.6. The molecule has 0 radical (unpaired) electrons. The van der Waals surface area contributed by atoms with Gasteiger partial charge in [-0.1, -0.05) is 18.2 Å². The maximum absolute atomic E-state index is 13.6. The van der Waals surface area contributed by atoms with Crippen LogP contribution in [-0.2, 0) is 0 Å². The van der Waals surface area contributed by atoms with Crippen LogP contribution in [0.2, 0.25) is 0 Å². The van der Waals surface area contributed by atoms with Crippen molar-refractivity contribution in [2.45, 2.75) is 6.92 Å². The molecule has 0 amide bonds. The summed E-state index contributed by atoms with van der Waals surface area (Å²) in [5, 5.41) is 5.64. The molecule has 0 aliphatic carbocycles. The number of rotatable bonds is 4. The minimum atomic E-state index is -1.75. The fourth-order valence-corrected chi connectivity index (χ4v) is 2.37. The number of benzene rings is 2. The number of halogens is 4. The minimum Gasteiger partial charge on any atom is -0.497 e. The van der Waals surface area contributed by atoms with Gasteiger partial charge in [0.1, 0.15) is 11.4 Å². The third-order valence-corrected chi connectivity index (χ3v) is 3.80. The van der Waals surface area contributed by atoms with E-state index in [0.717, 1.165) is 10.8 Å². The molecule has 1 heterocycles. The molecule has 26 heavy (non-hydrogen) atoms. The van der Waals surface area contributed by atoms with Crippen molar-refractivity contribution in [3.63, 3.8) is 0 Å². The number of hydrazone groups is 1. The zero-order valence-corrected chi connectivity index (χ0v) is 13.8. The summed E-state index contributed by atoms with van der Waals surface area (Å²) in [4.78, 5) is 2.48. The van der Waals surface area contributed by atoms with Crippen LogP contribution in [0.5, 0.6) is 5.75 Å². The van der Waals surface area contributed by atoms with E-state index in [2.05, 4.69) is 10.1 Å². The lowest BCUT2D eigenvalue weighted by atomic mass is 10.0. The highest BCUT2D eigenvalue weighted by Crippen LogP contribution is 2.24.